The minimum Gasteiger partial charge on any atom is -0.489 e. The van der Waals surface area contributed by atoms with Crippen LogP contribution in [0.3, 0.4) is 0 Å². The molecule has 5 aromatic rings. The third-order valence-corrected chi connectivity index (χ3v) is 8.08. The van der Waals surface area contributed by atoms with E-state index >= 15 is 0 Å². The first-order chi connectivity index (χ1) is 21.9. The summed E-state index contributed by atoms with van der Waals surface area (Å²) in [4.78, 5) is 25.1. The van der Waals surface area contributed by atoms with Crippen LogP contribution in [0.2, 0.25) is 0 Å². The third-order valence-electron chi connectivity index (χ3n) is 8.08. The Morgan fingerprint density at radius 2 is 1.20 bits per heavy atom. The summed E-state index contributed by atoms with van der Waals surface area (Å²) in [5.74, 6) is 0.123. The smallest absolute Gasteiger partial charge is 0.407 e. The summed E-state index contributed by atoms with van der Waals surface area (Å²) in [5.41, 5.74) is 10.0. The minimum absolute atomic E-state index is 0.0537. The number of benzene rings is 5. The van der Waals surface area contributed by atoms with Crippen LogP contribution in [0.15, 0.2) is 121 Å². The SMILES string of the molecule is Cc1ccc(-c2ccc(COc3ccc(COC(=O)C(C)NC(=O)OCC4c5ccccc5-c5ccccc54)cc3)cc2)cc1. The first-order valence-corrected chi connectivity index (χ1v) is 15.1. The van der Waals surface area contributed by atoms with Gasteiger partial charge in [-0.2, -0.15) is 0 Å². The maximum Gasteiger partial charge on any atom is 0.407 e. The zero-order valence-corrected chi connectivity index (χ0v) is 25.4. The fourth-order valence-electron chi connectivity index (χ4n) is 5.54. The van der Waals surface area contributed by atoms with Gasteiger partial charge in [0.2, 0.25) is 0 Å². The van der Waals surface area contributed by atoms with E-state index in [-0.39, 0.29) is 19.1 Å². The number of carbonyl (C=O) groups is 2. The van der Waals surface area contributed by atoms with Crippen LogP contribution in [-0.2, 0) is 27.5 Å². The lowest BCUT2D eigenvalue weighted by atomic mass is 9.98. The van der Waals surface area contributed by atoms with Crippen molar-refractivity contribution >= 4 is 12.1 Å². The van der Waals surface area contributed by atoms with E-state index in [0.717, 1.165) is 39.1 Å². The number of aryl methyl sites for hydroxylation is 1. The zero-order chi connectivity index (χ0) is 31.2. The highest BCUT2D eigenvalue weighted by atomic mass is 16.6. The van der Waals surface area contributed by atoms with Crippen LogP contribution in [-0.4, -0.2) is 24.7 Å². The number of esters is 1. The summed E-state index contributed by atoms with van der Waals surface area (Å²) in [6, 6.07) is 39.7. The number of amides is 1. The van der Waals surface area contributed by atoms with Gasteiger partial charge in [-0.15, -0.1) is 0 Å². The molecule has 0 fully saturated rings. The molecule has 6 heteroatoms. The van der Waals surface area contributed by atoms with E-state index in [4.69, 9.17) is 14.2 Å². The molecule has 5 aromatic carbocycles. The lowest BCUT2D eigenvalue weighted by molar-refractivity contribution is -0.146. The summed E-state index contributed by atoms with van der Waals surface area (Å²) >= 11 is 0. The molecule has 1 atom stereocenters. The van der Waals surface area contributed by atoms with Crippen molar-refractivity contribution < 1.29 is 23.8 Å². The lowest BCUT2D eigenvalue weighted by Crippen LogP contribution is -2.40. The molecule has 0 spiro atoms. The molecule has 1 aliphatic carbocycles. The molecular weight excluding hydrogens is 562 g/mol. The first-order valence-electron chi connectivity index (χ1n) is 15.1. The van der Waals surface area contributed by atoms with Crippen molar-refractivity contribution in [3.63, 3.8) is 0 Å². The molecular formula is C39H35NO5. The number of ether oxygens (including phenoxy) is 3. The van der Waals surface area contributed by atoms with Gasteiger partial charge in [0.15, 0.2) is 0 Å². The molecule has 1 aliphatic rings. The Bertz CT molecular complexity index is 1730. The van der Waals surface area contributed by atoms with Gasteiger partial charge in [-0.1, -0.05) is 115 Å². The Labute approximate surface area is 263 Å². The van der Waals surface area contributed by atoms with E-state index in [1.165, 1.54) is 16.7 Å². The second-order valence-electron chi connectivity index (χ2n) is 11.3. The molecule has 0 saturated carbocycles. The predicted molar refractivity (Wildman–Crippen MR) is 175 cm³/mol. The number of hydrogen-bond acceptors (Lipinski definition) is 5. The Hall–Kier alpha value is -5.36. The van der Waals surface area contributed by atoms with Gasteiger partial charge in [-0.25, -0.2) is 9.59 Å². The number of nitrogens with one attached hydrogen (secondary N) is 1. The van der Waals surface area contributed by atoms with Crippen molar-refractivity contribution in [3.05, 3.63) is 149 Å². The van der Waals surface area contributed by atoms with Crippen LogP contribution in [0.4, 0.5) is 4.79 Å². The monoisotopic (exact) mass is 597 g/mol. The van der Waals surface area contributed by atoms with Crippen LogP contribution in [0, 0.1) is 6.92 Å². The number of carbonyl (C=O) groups excluding carboxylic acids is 2. The van der Waals surface area contributed by atoms with Crippen LogP contribution in [0.5, 0.6) is 5.75 Å². The summed E-state index contributed by atoms with van der Waals surface area (Å²) in [6.45, 7) is 4.36. The quantitative estimate of drug-likeness (QED) is 0.164. The maximum atomic E-state index is 12.6. The van der Waals surface area contributed by atoms with E-state index in [9.17, 15) is 9.59 Å². The highest BCUT2D eigenvalue weighted by Crippen LogP contribution is 2.44. The van der Waals surface area contributed by atoms with E-state index < -0.39 is 18.1 Å². The van der Waals surface area contributed by atoms with Crippen LogP contribution >= 0.6 is 0 Å². The summed E-state index contributed by atoms with van der Waals surface area (Å²) in [7, 11) is 0. The van der Waals surface area contributed by atoms with Gasteiger partial charge in [0.05, 0.1) is 0 Å². The molecule has 226 valence electrons. The number of hydrogen-bond donors (Lipinski definition) is 1. The second kappa shape index (κ2) is 13.5. The summed E-state index contributed by atoms with van der Waals surface area (Å²) in [6.07, 6.45) is -0.660. The molecule has 1 amide bonds. The zero-order valence-electron chi connectivity index (χ0n) is 25.4. The normalized spacial score (nSPS) is 12.5. The average molecular weight is 598 g/mol. The van der Waals surface area contributed by atoms with Crippen molar-refractivity contribution in [1.82, 2.24) is 5.32 Å². The molecule has 0 aliphatic heterocycles. The lowest BCUT2D eigenvalue weighted by Gasteiger charge is -2.17. The molecule has 6 rings (SSSR count). The highest BCUT2D eigenvalue weighted by molar-refractivity contribution is 5.81. The molecule has 0 aromatic heterocycles. The van der Waals surface area contributed by atoms with Gasteiger partial charge in [-0.3, -0.25) is 0 Å². The van der Waals surface area contributed by atoms with Crippen molar-refractivity contribution in [2.75, 3.05) is 6.61 Å². The van der Waals surface area contributed by atoms with Gasteiger partial charge >= 0.3 is 12.1 Å². The summed E-state index contributed by atoms with van der Waals surface area (Å²) in [5, 5.41) is 2.59. The fourth-order valence-corrected chi connectivity index (χ4v) is 5.54. The Kier molecular flexibility index (Phi) is 8.92. The van der Waals surface area contributed by atoms with Crippen molar-refractivity contribution in [1.29, 1.82) is 0 Å². The molecule has 6 nitrogen and oxygen atoms in total. The van der Waals surface area contributed by atoms with Crippen LogP contribution in [0.25, 0.3) is 22.3 Å². The van der Waals surface area contributed by atoms with Crippen molar-refractivity contribution in [2.24, 2.45) is 0 Å². The molecule has 0 bridgehead atoms. The molecule has 0 radical (unpaired) electrons. The number of fused-ring (bicyclic) bond motifs is 3. The number of alkyl carbamates (subject to hydrolysis) is 1. The van der Waals surface area contributed by atoms with Gasteiger partial charge in [0.25, 0.3) is 0 Å². The third kappa shape index (κ3) is 7.07. The Balaban J connectivity index is 0.933. The van der Waals surface area contributed by atoms with Gasteiger partial charge in [-0.05, 0) is 70.5 Å². The standard InChI is InChI=1S/C39H35NO5/c1-26-11-17-30(18-12-26)31-19-13-28(14-20-31)23-43-32-21-15-29(16-22-32)24-44-38(41)27(2)40-39(42)45-25-37-35-9-5-3-7-33(35)34-8-4-6-10-36(34)37/h3-22,27,37H,23-25H2,1-2H3,(H,40,42). The Morgan fingerprint density at radius 3 is 1.82 bits per heavy atom. The molecule has 1 N–H and O–H groups in total. The van der Waals surface area contributed by atoms with Crippen molar-refractivity contribution in [3.8, 4) is 28.0 Å². The first kappa shape index (κ1) is 29.7. The largest absolute Gasteiger partial charge is 0.489 e. The highest BCUT2D eigenvalue weighted by Gasteiger charge is 2.29. The van der Waals surface area contributed by atoms with E-state index in [1.807, 2.05) is 48.5 Å². The average Bonchev–Trinajstić information content (AvgIpc) is 3.40. The van der Waals surface area contributed by atoms with Gasteiger partial charge in [0, 0.05) is 5.92 Å². The molecule has 1 unspecified atom stereocenters. The molecule has 0 heterocycles. The van der Waals surface area contributed by atoms with Crippen molar-refractivity contribution in [2.45, 2.75) is 39.0 Å². The van der Waals surface area contributed by atoms with E-state index in [1.54, 1.807) is 6.92 Å². The van der Waals surface area contributed by atoms with Crippen LogP contribution < -0.4 is 10.1 Å². The number of rotatable bonds is 10. The predicted octanol–water partition coefficient (Wildman–Crippen LogP) is 8.21. The van der Waals surface area contributed by atoms with Crippen LogP contribution in [0.1, 0.15) is 40.7 Å². The van der Waals surface area contributed by atoms with Gasteiger partial charge in [0.1, 0.15) is 31.6 Å². The van der Waals surface area contributed by atoms with E-state index in [2.05, 4.69) is 85.0 Å². The second-order valence-corrected chi connectivity index (χ2v) is 11.3. The minimum atomic E-state index is -0.861. The summed E-state index contributed by atoms with van der Waals surface area (Å²) < 4.78 is 16.9. The molecule has 0 saturated heterocycles. The Morgan fingerprint density at radius 1 is 0.667 bits per heavy atom. The topological polar surface area (TPSA) is 73.9 Å². The maximum absolute atomic E-state index is 12.6. The fraction of sp³-hybridized carbons (Fsp3) is 0.179. The van der Waals surface area contributed by atoms with Gasteiger partial charge < -0.3 is 19.5 Å². The van der Waals surface area contributed by atoms with E-state index in [0.29, 0.717) is 6.61 Å². The molecule has 45 heavy (non-hydrogen) atoms.